The molecule has 1 fully saturated rings. The minimum absolute atomic E-state index is 0.201. The first-order chi connectivity index (χ1) is 15.9. The fourth-order valence-corrected chi connectivity index (χ4v) is 5.64. The molecule has 0 bridgehead atoms. The predicted molar refractivity (Wildman–Crippen MR) is 133 cm³/mol. The van der Waals surface area contributed by atoms with E-state index in [0.29, 0.717) is 35.5 Å². The first-order valence-corrected chi connectivity index (χ1v) is 13.2. The minimum Gasteiger partial charge on any atom is -0.444 e. The third-order valence-corrected chi connectivity index (χ3v) is 7.43. The van der Waals surface area contributed by atoms with Gasteiger partial charge in [-0.1, -0.05) is 24.3 Å². The second-order valence-electron chi connectivity index (χ2n) is 9.96. The molecule has 2 aromatic rings. The number of sulfonamides is 1. The highest BCUT2D eigenvalue weighted by Gasteiger charge is 2.25. The Bertz CT molecular complexity index is 1130. The van der Waals surface area contributed by atoms with E-state index in [2.05, 4.69) is 15.4 Å². The standard InChI is InChI=1S/C25H35N3O5S/c1-17(29)28-22-9-5-8-21-20(22)7-6-10-23(21)34(31,32)27-16-19-13-11-18(12-14-19)15-26-24(30)33-25(2,3)4/h5-10,18-19,27H,11-16H2,1-4H3,(H,26,30)(H,28,29)/t18-,19-. The van der Waals surface area contributed by atoms with Gasteiger partial charge < -0.3 is 15.4 Å². The number of alkyl carbamates (subject to hydrolysis) is 1. The van der Waals surface area contributed by atoms with E-state index >= 15 is 0 Å². The molecule has 9 heteroatoms. The number of hydrogen-bond acceptors (Lipinski definition) is 5. The molecule has 0 atom stereocenters. The summed E-state index contributed by atoms with van der Waals surface area (Å²) in [6, 6.07) is 10.3. The first kappa shape index (κ1) is 26.0. The van der Waals surface area contributed by atoms with Gasteiger partial charge in [0.1, 0.15) is 5.60 Å². The van der Waals surface area contributed by atoms with Gasteiger partial charge in [0.15, 0.2) is 0 Å². The molecule has 0 unspecified atom stereocenters. The summed E-state index contributed by atoms with van der Waals surface area (Å²) in [7, 11) is -3.72. The van der Waals surface area contributed by atoms with Crippen molar-refractivity contribution in [1.82, 2.24) is 10.0 Å². The number of anilines is 1. The van der Waals surface area contributed by atoms with Crippen LogP contribution >= 0.6 is 0 Å². The van der Waals surface area contributed by atoms with Gasteiger partial charge in [-0.2, -0.15) is 0 Å². The van der Waals surface area contributed by atoms with Crippen LogP contribution in [0.2, 0.25) is 0 Å². The quantitative estimate of drug-likeness (QED) is 0.533. The second kappa shape index (κ2) is 10.7. The van der Waals surface area contributed by atoms with Crippen molar-refractivity contribution in [3.05, 3.63) is 36.4 Å². The van der Waals surface area contributed by atoms with Gasteiger partial charge in [0.2, 0.25) is 15.9 Å². The van der Waals surface area contributed by atoms with Crippen molar-refractivity contribution in [3.8, 4) is 0 Å². The number of fused-ring (bicyclic) bond motifs is 1. The maximum Gasteiger partial charge on any atom is 0.407 e. The second-order valence-corrected chi connectivity index (χ2v) is 11.7. The molecule has 0 saturated heterocycles. The van der Waals surface area contributed by atoms with Crippen LogP contribution in [0, 0.1) is 11.8 Å². The maximum atomic E-state index is 13.1. The molecular formula is C25H35N3O5S. The predicted octanol–water partition coefficient (Wildman–Crippen LogP) is 4.41. The van der Waals surface area contributed by atoms with Crippen LogP contribution < -0.4 is 15.4 Å². The largest absolute Gasteiger partial charge is 0.444 e. The fraction of sp³-hybridized carbons (Fsp3) is 0.520. The van der Waals surface area contributed by atoms with Crippen molar-refractivity contribution in [1.29, 1.82) is 0 Å². The minimum atomic E-state index is -3.72. The lowest BCUT2D eigenvalue weighted by Gasteiger charge is -2.29. The maximum absolute atomic E-state index is 13.1. The molecule has 34 heavy (non-hydrogen) atoms. The normalized spacial score (nSPS) is 18.9. The Hall–Kier alpha value is -2.65. The van der Waals surface area contributed by atoms with Crippen LogP contribution in [-0.2, 0) is 19.6 Å². The van der Waals surface area contributed by atoms with Gasteiger partial charge in [0, 0.05) is 36.5 Å². The number of carbonyl (C=O) groups excluding carboxylic acids is 2. The van der Waals surface area contributed by atoms with E-state index in [1.165, 1.54) is 6.92 Å². The molecule has 0 aromatic heterocycles. The van der Waals surface area contributed by atoms with Crippen LogP contribution in [0.15, 0.2) is 41.3 Å². The topological polar surface area (TPSA) is 114 Å². The molecular weight excluding hydrogens is 454 g/mol. The zero-order valence-electron chi connectivity index (χ0n) is 20.3. The van der Waals surface area contributed by atoms with Gasteiger partial charge >= 0.3 is 6.09 Å². The van der Waals surface area contributed by atoms with Crippen molar-refractivity contribution in [2.75, 3.05) is 18.4 Å². The molecule has 3 N–H and O–H groups in total. The van der Waals surface area contributed by atoms with Crippen molar-refractivity contribution < 1.29 is 22.7 Å². The summed E-state index contributed by atoms with van der Waals surface area (Å²) in [6.07, 6.45) is 3.24. The molecule has 2 aromatic carbocycles. The van der Waals surface area contributed by atoms with Crippen LogP contribution in [0.1, 0.15) is 53.4 Å². The Balaban J connectivity index is 1.56. The van der Waals surface area contributed by atoms with Gasteiger partial charge in [0.05, 0.1) is 4.90 Å². The molecule has 186 valence electrons. The monoisotopic (exact) mass is 489 g/mol. The number of ether oxygens (including phenoxy) is 1. The van der Waals surface area contributed by atoms with Gasteiger partial charge in [-0.25, -0.2) is 17.9 Å². The van der Waals surface area contributed by atoms with Crippen molar-refractivity contribution in [3.63, 3.8) is 0 Å². The Morgan fingerprint density at radius 1 is 0.941 bits per heavy atom. The van der Waals surface area contributed by atoms with Gasteiger partial charge in [-0.05, 0) is 70.4 Å². The van der Waals surface area contributed by atoms with E-state index in [1.54, 1.807) is 36.4 Å². The van der Waals surface area contributed by atoms with E-state index in [0.717, 1.165) is 25.7 Å². The van der Waals surface area contributed by atoms with Crippen LogP contribution in [0.4, 0.5) is 10.5 Å². The molecule has 0 aliphatic heterocycles. The smallest absolute Gasteiger partial charge is 0.407 e. The lowest BCUT2D eigenvalue weighted by atomic mass is 9.82. The summed E-state index contributed by atoms with van der Waals surface area (Å²) >= 11 is 0. The summed E-state index contributed by atoms with van der Waals surface area (Å²) in [5.41, 5.74) is 0.0643. The van der Waals surface area contributed by atoms with Crippen LogP contribution in [0.25, 0.3) is 10.8 Å². The molecule has 1 aliphatic rings. The van der Waals surface area contributed by atoms with Crippen molar-refractivity contribution in [2.24, 2.45) is 11.8 Å². The van der Waals surface area contributed by atoms with Crippen molar-refractivity contribution >= 4 is 38.5 Å². The Kier molecular flexibility index (Phi) is 8.20. The van der Waals surface area contributed by atoms with Gasteiger partial charge in [0.25, 0.3) is 0 Å². The van der Waals surface area contributed by atoms with Crippen LogP contribution in [0.3, 0.4) is 0 Å². The van der Waals surface area contributed by atoms with Crippen LogP contribution in [-0.4, -0.2) is 39.1 Å². The summed E-state index contributed by atoms with van der Waals surface area (Å²) in [6.45, 7) is 7.86. The van der Waals surface area contributed by atoms with Gasteiger partial charge in [-0.15, -0.1) is 0 Å². The van der Waals surface area contributed by atoms with E-state index in [-0.39, 0.29) is 16.7 Å². The molecule has 8 nitrogen and oxygen atoms in total. The van der Waals surface area contributed by atoms with E-state index < -0.39 is 21.7 Å². The highest BCUT2D eigenvalue weighted by molar-refractivity contribution is 7.89. The first-order valence-electron chi connectivity index (χ1n) is 11.7. The van der Waals surface area contributed by atoms with Crippen LogP contribution in [0.5, 0.6) is 0 Å². The average molecular weight is 490 g/mol. The SMILES string of the molecule is CC(=O)Nc1cccc2c(S(=O)(=O)NC[C@H]3CC[C@H](CNC(=O)OC(C)(C)C)CC3)cccc12. The Morgan fingerprint density at radius 2 is 1.53 bits per heavy atom. The molecule has 0 spiro atoms. The van der Waals surface area contributed by atoms with E-state index in [9.17, 15) is 18.0 Å². The molecule has 1 saturated carbocycles. The molecule has 0 heterocycles. The third-order valence-electron chi connectivity index (χ3n) is 5.94. The molecule has 2 amide bonds. The molecule has 3 rings (SSSR count). The molecule has 0 radical (unpaired) electrons. The van der Waals surface area contributed by atoms with E-state index in [1.807, 2.05) is 20.8 Å². The summed E-state index contributed by atoms with van der Waals surface area (Å²) < 4.78 is 34.3. The lowest BCUT2D eigenvalue weighted by molar-refractivity contribution is -0.114. The molecule has 1 aliphatic carbocycles. The highest BCUT2D eigenvalue weighted by Crippen LogP contribution is 2.31. The number of amides is 2. The Labute approximate surface area is 201 Å². The lowest BCUT2D eigenvalue weighted by Crippen LogP contribution is -2.37. The van der Waals surface area contributed by atoms with Crippen molar-refractivity contribution in [2.45, 2.75) is 63.9 Å². The fourth-order valence-electron chi connectivity index (χ4n) is 4.30. The zero-order chi connectivity index (χ0) is 24.9. The van der Waals surface area contributed by atoms with Gasteiger partial charge in [-0.3, -0.25) is 4.79 Å². The average Bonchev–Trinajstić information content (AvgIpc) is 2.75. The summed E-state index contributed by atoms with van der Waals surface area (Å²) in [4.78, 5) is 23.6. The van der Waals surface area contributed by atoms with E-state index in [4.69, 9.17) is 4.74 Å². The number of hydrogen-bond donors (Lipinski definition) is 3. The Morgan fingerprint density at radius 3 is 2.15 bits per heavy atom. The zero-order valence-corrected chi connectivity index (χ0v) is 21.1. The number of carbonyl (C=O) groups is 2. The number of rotatable bonds is 7. The summed E-state index contributed by atoms with van der Waals surface area (Å²) in [5, 5.41) is 6.84. The summed E-state index contributed by atoms with van der Waals surface area (Å²) in [5.74, 6) is 0.402. The highest BCUT2D eigenvalue weighted by atomic mass is 32.2. The third kappa shape index (κ3) is 7.17. The number of nitrogens with one attached hydrogen (secondary N) is 3. The number of benzene rings is 2.